The Bertz CT molecular complexity index is 570. The molecule has 2 rings (SSSR count). The van der Waals surface area contributed by atoms with E-state index in [1.54, 1.807) is 30.5 Å². The topological polar surface area (TPSA) is 74.2 Å². The van der Waals surface area contributed by atoms with Crippen LogP contribution in [0.3, 0.4) is 0 Å². The number of aliphatic hydroxyl groups is 1. The summed E-state index contributed by atoms with van der Waals surface area (Å²) in [7, 11) is 0. The van der Waals surface area contributed by atoms with Gasteiger partial charge in [-0.05, 0) is 29.8 Å². The second-order valence-corrected chi connectivity index (χ2v) is 4.77. The van der Waals surface area contributed by atoms with Crippen LogP contribution in [0.15, 0.2) is 48.7 Å². The van der Waals surface area contributed by atoms with Crippen molar-refractivity contribution in [2.75, 3.05) is 11.9 Å². The number of nitrogens with zero attached hydrogens (tertiary/aromatic N) is 1. The number of hydrogen-bond acceptors (Lipinski definition) is 4. The predicted molar refractivity (Wildman–Crippen MR) is 81.6 cm³/mol. The molecule has 0 radical (unpaired) electrons. The standard InChI is InChI=1S/C16H19N3O2/c1-12(20)19-14-7-5-13(6-8-14)16(21)11-17-10-15-4-2-3-9-18-15/h2-9,16-17,21H,10-11H2,1H3,(H,19,20). The Hall–Kier alpha value is -2.24. The third kappa shape index (κ3) is 4.98. The molecule has 1 aromatic carbocycles. The van der Waals surface area contributed by atoms with E-state index in [1.807, 2.05) is 18.2 Å². The van der Waals surface area contributed by atoms with Crippen molar-refractivity contribution in [3.63, 3.8) is 0 Å². The van der Waals surface area contributed by atoms with E-state index in [2.05, 4.69) is 15.6 Å². The zero-order valence-corrected chi connectivity index (χ0v) is 11.9. The van der Waals surface area contributed by atoms with Crippen LogP contribution in [0.1, 0.15) is 24.3 Å². The average Bonchev–Trinajstić information content (AvgIpc) is 2.48. The molecule has 1 atom stereocenters. The van der Waals surface area contributed by atoms with Gasteiger partial charge < -0.3 is 15.7 Å². The maximum Gasteiger partial charge on any atom is 0.221 e. The van der Waals surface area contributed by atoms with Gasteiger partial charge in [-0.2, -0.15) is 0 Å². The molecule has 0 aliphatic heterocycles. The molecular formula is C16H19N3O2. The molecule has 1 unspecified atom stereocenters. The Morgan fingerprint density at radius 1 is 1.24 bits per heavy atom. The minimum absolute atomic E-state index is 0.111. The van der Waals surface area contributed by atoms with Crippen molar-refractivity contribution in [2.45, 2.75) is 19.6 Å². The highest BCUT2D eigenvalue weighted by Gasteiger charge is 2.07. The van der Waals surface area contributed by atoms with Crippen molar-refractivity contribution in [1.82, 2.24) is 10.3 Å². The summed E-state index contributed by atoms with van der Waals surface area (Å²) in [5, 5.41) is 16.0. The number of rotatable bonds is 6. The molecule has 1 heterocycles. The number of pyridine rings is 1. The van der Waals surface area contributed by atoms with Crippen LogP contribution < -0.4 is 10.6 Å². The summed E-state index contributed by atoms with van der Waals surface area (Å²) in [6.07, 6.45) is 1.15. The van der Waals surface area contributed by atoms with Gasteiger partial charge in [0, 0.05) is 31.9 Å². The van der Waals surface area contributed by atoms with E-state index in [0.717, 1.165) is 16.9 Å². The molecule has 5 nitrogen and oxygen atoms in total. The first-order valence-electron chi connectivity index (χ1n) is 6.81. The van der Waals surface area contributed by atoms with Crippen LogP contribution in [-0.2, 0) is 11.3 Å². The highest BCUT2D eigenvalue weighted by Crippen LogP contribution is 2.15. The summed E-state index contributed by atoms with van der Waals surface area (Å²) in [4.78, 5) is 15.1. The van der Waals surface area contributed by atoms with E-state index >= 15 is 0 Å². The van der Waals surface area contributed by atoms with Gasteiger partial charge in [0.15, 0.2) is 0 Å². The molecule has 0 fully saturated rings. The number of carbonyl (C=O) groups excluding carboxylic acids is 1. The van der Waals surface area contributed by atoms with Gasteiger partial charge >= 0.3 is 0 Å². The molecule has 0 saturated carbocycles. The summed E-state index contributed by atoms with van der Waals surface area (Å²) in [5.74, 6) is -0.111. The van der Waals surface area contributed by atoms with Crippen LogP contribution >= 0.6 is 0 Å². The van der Waals surface area contributed by atoms with E-state index in [9.17, 15) is 9.90 Å². The molecule has 0 spiro atoms. The van der Waals surface area contributed by atoms with Crippen LogP contribution in [0.2, 0.25) is 0 Å². The molecule has 21 heavy (non-hydrogen) atoms. The van der Waals surface area contributed by atoms with Crippen LogP contribution in [0.4, 0.5) is 5.69 Å². The Morgan fingerprint density at radius 3 is 2.62 bits per heavy atom. The van der Waals surface area contributed by atoms with Gasteiger partial charge in [0.1, 0.15) is 0 Å². The molecule has 0 saturated heterocycles. The molecule has 110 valence electrons. The first kappa shape index (κ1) is 15.2. The van der Waals surface area contributed by atoms with Crippen molar-refractivity contribution in [3.05, 3.63) is 59.9 Å². The number of nitrogens with one attached hydrogen (secondary N) is 2. The van der Waals surface area contributed by atoms with Crippen molar-refractivity contribution < 1.29 is 9.90 Å². The van der Waals surface area contributed by atoms with Crippen LogP contribution in [-0.4, -0.2) is 22.5 Å². The fraction of sp³-hybridized carbons (Fsp3) is 0.250. The summed E-state index contributed by atoms with van der Waals surface area (Å²) < 4.78 is 0. The van der Waals surface area contributed by atoms with E-state index in [4.69, 9.17) is 0 Å². The van der Waals surface area contributed by atoms with Gasteiger partial charge in [0.05, 0.1) is 11.8 Å². The Morgan fingerprint density at radius 2 is 2.00 bits per heavy atom. The molecule has 3 N–H and O–H groups in total. The second-order valence-electron chi connectivity index (χ2n) is 4.77. The number of benzene rings is 1. The minimum atomic E-state index is -0.597. The van der Waals surface area contributed by atoms with Crippen molar-refractivity contribution in [3.8, 4) is 0 Å². The van der Waals surface area contributed by atoms with E-state index in [-0.39, 0.29) is 5.91 Å². The third-order valence-electron chi connectivity index (χ3n) is 2.99. The number of hydrogen-bond donors (Lipinski definition) is 3. The lowest BCUT2D eigenvalue weighted by Gasteiger charge is -2.13. The van der Waals surface area contributed by atoms with E-state index in [1.165, 1.54) is 6.92 Å². The van der Waals surface area contributed by atoms with Crippen molar-refractivity contribution in [1.29, 1.82) is 0 Å². The lowest BCUT2D eigenvalue weighted by atomic mass is 10.1. The first-order valence-corrected chi connectivity index (χ1v) is 6.81. The predicted octanol–water partition coefficient (Wildman–Crippen LogP) is 1.86. The summed E-state index contributed by atoms with van der Waals surface area (Å²) in [6.45, 7) is 2.52. The Balaban J connectivity index is 1.82. The normalized spacial score (nSPS) is 11.9. The molecule has 1 aromatic heterocycles. The van der Waals surface area contributed by atoms with Crippen LogP contribution in [0.25, 0.3) is 0 Å². The van der Waals surface area contributed by atoms with Crippen LogP contribution in [0.5, 0.6) is 0 Å². The smallest absolute Gasteiger partial charge is 0.221 e. The third-order valence-corrected chi connectivity index (χ3v) is 2.99. The number of aromatic nitrogens is 1. The molecule has 1 amide bonds. The molecule has 0 bridgehead atoms. The quantitative estimate of drug-likeness (QED) is 0.757. The van der Waals surface area contributed by atoms with E-state index in [0.29, 0.717) is 13.1 Å². The molecule has 5 heteroatoms. The van der Waals surface area contributed by atoms with Gasteiger partial charge in [-0.15, -0.1) is 0 Å². The number of carbonyl (C=O) groups is 1. The largest absolute Gasteiger partial charge is 0.387 e. The lowest BCUT2D eigenvalue weighted by Crippen LogP contribution is -2.21. The SMILES string of the molecule is CC(=O)Nc1ccc(C(O)CNCc2ccccn2)cc1. The van der Waals surface area contributed by atoms with E-state index < -0.39 is 6.10 Å². The lowest BCUT2D eigenvalue weighted by molar-refractivity contribution is -0.114. The van der Waals surface area contributed by atoms with Gasteiger partial charge in [-0.3, -0.25) is 9.78 Å². The first-order chi connectivity index (χ1) is 10.1. The monoisotopic (exact) mass is 285 g/mol. The van der Waals surface area contributed by atoms with Gasteiger partial charge in [-0.1, -0.05) is 18.2 Å². The number of anilines is 1. The van der Waals surface area contributed by atoms with Gasteiger partial charge in [0.2, 0.25) is 5.91 Å². The average molecular weight is 285 g/mol. The maximum absolute atomic E-state index is 10.9. The number of aliphatic hydroxyl groups excluding tert-OH is 1. The summed E-state index contributed by atoms with van der Waals surface area (Å²) in [6, 6.07) is 12.9. The van der Waals surface area contributed by atoms with Gasteiger partial charge in [0.25, 0.3) is 0 Å². The fourth-order valence-electron chi connectivity index (χ4n) is 1.95. The summed E-state index contributed by atoms with van der Waals surface area (Å²) in [5.41, 5.74) is 2.46. The van der Waals surface area contributed by atoms with Crippen molar-refractivity contribution in [2.24, 2.45) is 0 Å². The highest BCUT2D eigenvalue weighted by molar-refractivity contribution is 5.88. The second kappa shape index (κ2) is 7.52. The van der Waals surface area contributed by atoms with Gasteiger partial charge in [-0.25, -0.2) is 0 Å². The summed E-state index contributed by atoms with van der Waals surface area (Å²) >= 11 is 0. The highest BCUT2D eigenvalue weighted by atomic mass is 16.3. The zero-order chi connectivity index (χ0) is 15.1. The molecule has 0 aliphatic rings. The minimum Gasteiger partial charge on any atom is -0.387 e. The van der Waals surface area contributed by atoms with Crippen LogP contribution in [0, 0.1) is 0 Å². The Kier molecular flexibility index (Phi) is 5.43. The van der Waals surface area contributed by atoms with Crippen molar-refractivity contribution >= 4 is 11.6 Å². The molecular weight excluding hydrogens is 266 g/mol. The Labute approximate surface area is 124 Å². The zero-order valence-electron chi connectivity index (χ0n) is 11.9. The maximum atomic E-state index is 10.9. The molecule has 2 aromatic rings. The number of amides is 1. The molecule has 0 aliphatic carbocycles. The fourth-order valence-corrected chi connectivity index (χ4v) is 1.95.